The van der Waals surface area contributed by atoms with Gasteiger partial charge in [-0.2, -0.15) is 0 Å². The SMILES string of the molecule is O=C1NS(=O)(=O)[C@H]2COC[C@@H]2C/C=C/[C@H](O)[C@@H]2CC[C@H]2CN2CCCCc3cc(Cl)ccc3COc3ccc1cc32. The van der Waals surface area contributed by atoms with Crippen LogP contribution in [-0.4, -0.2) is 57.1 Å². The van der Waals surface area contributed by atoms with Gasteiger partial charge >= 0.3 is 0 Å². The Morgan fingerprint density at radius 3 is 2.73 bits per heavy atom. The number of carbonyl (C=O) groups excluding carboxylic acids is 1. The van der Waals surface area contributed by atoms with Crippen LogP contribution in [0.3, 0.4) is 0 Å². The Kier molecular flexibility index (Phi) is 8.32. The highest BCUT2D eigenvalue weighted by atomic mass is 35.5. The van der Waals surface area contributed by atoms with Crippen LogP contribution < -0.4 is 14.4 Å². The molecule has 2 bridgehead atoms. The summed E-state index contributed by atoms with van der Waals surface area (Å²) in [5, 5.41) is 10.9. The van der Waals surface area contributed by atoms with Crippen LogP contribution in [0.2, 0.25) is 5.02 Å². The molecule has 1 saturated heterocycles. The zero-order valence-electron chi connectivity index (χ0n) is 23.0. The number of anilines is 1. The maximum Gasteiger partial charge on any atom is 0.264 e. The third-order valence-corrected chi connectivity index (χ3v) is 11.2. The third kappa shape index (κ3) is 6.14. The van der Waals surface area contributed by atoms with Crippen molar-refractivity contribution in [3.05, 3.63) is 70.3 Å². The number of fused-ring (bicyclic) bond motifs is 4. The summed E-state index contributed by atoms with van der Waals surface area (Å²) < 4.78 is 40.8. The van der Waals surface area contributed by atoms with Crippen LogP contribution in [0.25, 0.3) is 0 Å². The lowest BCUT2D eigenvalue weighted by atomic mass is 9.70. The summed E-state index contributed by atoms with van der Waals surface area (Å²) in [7, 11) is -3.98. The zero-order chi connectivity index (χ0) is 28.6. The molecule has 0 aromatic heterocycles. The van der Waals surface area contributed by atoms with Crippen LogP contribution in [-0.2, 0) is 27.8 Å². The molecule has 2 fully saturated rings. The number of allylic oxidation sites excluding steroid dienone is 1. The first-order chi connectivity index (χ1) is 19.8. The number of nitrogens with one attached hydrogen (secondary N) is 1. The van der Waals surface area contributed by atoms with Crippen LogP contribution in [0.1, 0.15) is 53.6 Å². The van der Waals surface area contributed by atoms with Gasteiger partial charge in [-0.1, -0.05) is 29.8 Å². The van der Waals surface area contributed by atoms with E-state index in [1.807, 2.05) is 30.4 Å². The smallest absolute Gasteiger partial charge is 0.264 e. The molecule has 8 nitrogen and oxygen atoms in total. The minimum absolute atomic E-state index is 0.0346. The number of amides is 1. The van der Waals surface area contributed by atoms with Crippen molar-refractivity contribution < 1.29 is 27.8 Å². The highest BCUT2D eigenvalue weighted by molar-refractivity contribution is 7.90. The highest BCUT2D eigenvalue weighted by Gasteiger charge is 2.40. The number of halogens is 1. The second-order valence-corrected chi connectivity index (χ2v) is 14.1. The molecule has 220 valence electrons. The van der Waals surface area contributed by atoms with Gasteiger partial charge in [0.15, 0.2) is 0 Å². The Hall–Kier alpha value is -2.59. The number of ether oxygens (including phenoxy) is 2. The number of hydrogen-bond donors (Lipinski definition) is 2. The van der Waals surface area contributed by atoms with Crippen LogP contribution >= 0.6 is 11.6 Å². The number of aliphatic hydroxyl groups is 1. The van der Waals surface area contributed by atoms with Crippen molar-refractivity contribution >= 4 is 33.2 Å². The molecule has 1 amide bonds. The van der Waals surface area contributed by atoms with E-state index in [4.69, 9.17) is 21.1 Å². The van der Waals surface area contributed by atoms with E-state index in [2.05, 4.69) is 9.62 Å². The van der Waals surface area contributed by atoms with E-state index in [0.29, 0.717) is 37.0 Å². The Labute approximate surface area is 246 Å². The molecule has 10 heteroatoms. The van der Waals surface area contributed by atoms with Crippen LogP contribution in [0.4, 0.5) is 5.69 Å². The van der Waals surface area contributed by atoms with E-state index in [-0.39, 0.29) is 29.9 Å². The van der Waals surface area contributed by atoms with E-state index >= 15 is 0 Å². The molecule has 1 saturated carbocycles. The number of aliphatic hydroxyl groups excluding tert-OH is 1. The molecule has 0 spiro atoms. The summed E-state index contributed by atoms with van der Waals surface area (Å²) in [4.78, 5) is 15.6. The first kappa shape index (κ1) is 28.5. The van der Waals surface area contributed by atoms with Gasteiger partial charge in [-0.3, -0.25) is 4.79 Å². The van der Waals surface area contributed by atoms with Gasteiger partial charge in [0.1, 0.15) is 17.6 Å². The molecule has 2 aromatic carbocycles. The normalized spacial score (nSPS) is 30.7. The Balaban J connectivity index is 1.38. The molecule has 2 N–H and O–H groups in total. The summed E-state index contributed by atoms with van der Waals surface area (Å²) in [6.45, 7) is 2.14. The Bertz CT molecular complexity index is 1430. The largest absolute Gasteiger partial charge is 0.487 e. The molecule has 41 heavy (non-hydrogen) atoms. The lowest BCUT2D eigenvalue weighted by Gasteiger charge is -2.42. The van der Waals surface area contributed by atoms with E-state index in [1.54, 1.807) is 18.2 Å². The van der Waals surface area contributed by atoms with E-state index < -0.39 is 27.3 Å². The first-order valence-electron chi connectivity index (χ1n) is 14.6. The average molecular weight is 601 g/mol. The van der Waals surface area contributed by atoms with Crippen molar-refractivity contribution in [2.45, 2.75) is 56.5 Å². The van der Waals surface area contributed by atoms with E-state index in [1.165, 1.54) is 5.56 Å². The molecule has 5 atom stereocenters. The van der Waals surface area contributed by atoms with Crippen molar-refractivity contribution in [1.82, 2.24) is 4.72 Å². The molecule has 0 unspecified atom stereocenters. The molecular formula is C31H37ClN2O6S. The fraction of sp³-hybridized carbons (Fsp3) is 0.516. The van der Waals surface area contributed by atoms with Gasteiger partial charge in [0.2, 0.25) is 10.0 Å². The summed E-state index contributed by atoms with van der Waals surface area (Å²) in [5.41, 5.74) is 3.26. The number of carbonyl (C=O) groups is 1. The van der Waals surface area contributed by atoms with Gasteiger partial charge < -0.3 is 19.5 Å². The summed E-state index contributed by atoms with van der Waals surface area (Å²) in [5.74, 6) is 0.0972. The standard InChI is InChI=1S/C31H37ClN2O6S/c32-25-10-7-23-18-40-29-12-9-21-15-27(29)34(13-2-1-4-20(23)14-25)16-22-8-11-26(22)28(35)6-3-5-24-17-39-19-30(24)41(37,38)33-31(21)36/h3,6-7,9-10,12,14-15,22,24,26,28,30,35H,1-2,4-5,8,11,13,16-19H2,(H,33,36)/b6-3+/t22-,24-,26+,28-,30-/m0/s1. The van der Waals surface area contributed by atoms with E-state index in [9.17, 15) is 18.3 Å². The zero-order valence-corrected chi connectivity index (χ0v) is 24.6. The Morgan fingerprint density at radius 2 is 1.90 bits per heavy atom. The minimum Gasteiger partial charge on any atom is -0.487 e. The van der Waals surface area contributed by atoms with Gasteiger partial charge in [-0.25, -0.2) is 13.1 Å². The minimum atomic E-state index is -3.98. The topological polar surface area (TPSA) is 105 Å². The molecule has 2 aromatic rings. The van der Waals surface area contributed by atoms with Gasteiger partial charge in [0.25, 0.3) is 5.91 Å². The lowest BCUT2D eigenvalue weighted by Crippen LogP contribution is -2.44. The van der Waals surface area contributed by atoms with E-state index in [0.717, 1.165) is 49.9 Å². The molecule has 3 aliphatic heterocycles. The van der Waals surface area contributed by atoms with Crippen molar-refractivity contribution in [3.8, 4) is 5.75 Å². The molecule has 6 rings (SSSR count). The second kappa shape index (κ2) is 12.0. The number of nitrogens with zero attached hydrogens (tertiary/aromatic N) is 1. The molecule has 1 aliphatic carbocycles. The van der Waals surface area contributed by atoms with Crippen LogP contribution in [0.15, 0.2) is 48.6 Å². The van der Waals surface area contributed by atoms with Crippen molar-refractivity contribution in [3.63, 3.8) is 0 Å². The van der Waals surface area contributed by atoms with Crippen molar-refractivity contribution in [1.29, 1.82) is 0 Å². The first-order valence-corrected chi connectivity index (χ1v) is 16.5. The highest BCUT2D eigenvalue weighted by Crippen LogP contribution is 2.41. The maximum atomic E-state index is 13.3. The monoisotopic (exact) mass is 600 g/mol. The predicted octanol–water partition coefficient (Wildman–Crippen LogP) is 4.48. The van der Waals surface area contributed by atoms with Crippen molar-refractivity contribution in [2.75, 3.05) is 31.2 Å². The molecule has 4 aliphatic rings. The number of benzene rings is 2. The predicted molar refractivity (Wildman–Crippen MR) is 158 cm³/mol. The summed E-state index contributed by atoms with van der Waals surface area (Å²) in [6, 6.07) is 11.0. The van der Waals surface area contributed by atoms with Gasteiger partial charge in [0, 0.05) is 29.6 Å². The average Bonchev–Trinajstić information content (AvgIpc) is 3.39. The fourth-order valence-corrected chi connectivity index (χ4v) is 8.27. The number of aryl methyl sites for hydroxylation is 1. The van der Waals surface area contributed by atoms with Gasteiger partial charge in [0.05, 0.1) is 25.0 Å². The van der Waals surface area contributed by atoms with Crippen LogP contribution in [0, 0.1) is 17.8 Å². The Morgan fingerprint density at radius 1 is 1.02 bits per heavy atom. The van der Waals surface area contributed by atoms with Crippen molar-refractivity contribution in [2.24, 2.45) is 17.8 Å². The third-order valence-electron chi connectivity index (χ3n) is 9.15. The summed E-state index contributed by atoms with van der Waals surface area (Å²) >= 11 is 6.30. The fourth-order valence-electron chi connectivity index (χ4n) is 6.57. The lowest BCUT2D eigenvalue weighted by molar-refractivity contribution is 0.0460. The number of hydrogen-bond acceptors (Lipinski definition) is 7. The maximum absolute atomic E-state index is 13.3. The van der Waals surface area contributed by atoms with Gasteiger partial charge in [-0.15, -0.1) is 0 Å². The second-order valence-electron chi connectivity index (χ2n) is 11.8. The molecule has 3 heterocycles. The number of sulfonamides is 1. The quantitative estimate of drug-likeness (QED) is 0.430. The van der Waals surface area contributed by atoms with Crippen LogP contribution in [0.5, 0.6) is 5.75 Å². The van der Waals surface area contributed by atoms with Gasteiger partial charge in [-0.05, 0) is 91.8 Å². The molecular weight excluding hydrogens is 564 g/mol. The molecule has 0 radical (unpaired) electrons. The number of rotatable bonds is 0. The summed E-state index contributed by atoms with van der Waals surface area (Å²) in [6.07, 6.45) is 8.28.